The smallest absolute Gasteiger partial charge is 0.353 e. The maximum absolute atomic E-state index is 11.2. The van der Waals surface area contributed by atoms with Gasteiger partial charge in [0.1, 0.15) is 6.33 Å². The van der Waals surface area contributed by atoms with E-state index in [0.717, 1.165) is 31.8 Å². The van der Waals surface area contributed by atoms with Crippen molar-refractivity contribution in [3.8, 4) is 0 Å². The number of anilines is 2. The molecule has 0 unspecified atom stereocenters. The second-order valence-electron chi connectivity index (χ2n) is 4.74. The maximum atomic E-state index is 11.2. The van der Waals surface area contributed by atoms with Crippen molar-refractivity contribution in [3.63, 3.8) is 0 Å². The first-order valence-corrected chi connectivity index (χ1v) is 6.59. The van der Waals surface area contributed by atoms with Crippen LogP contribution in [0.15, 0.2) is 6.33 Å². The zero-order chi connectivity index (χ0) is 13.8. The molecule has 0 spiro atoms. The van der Waals surface area contributed by atoms with Gasteiger partial charge in [-0.05, 0) is 18.8 Å². The number of nitro groups is 1. The molecule has 1 saturated heterocycles. The Morgan fingerprint density at radius 3 is 2.68 bits per heavy atom. The highest BCUT2D eigenvalue weighted by molar-refractivity contribution is 5.70. The molecule has 2 rings (SSSR count). The van der Waals surface area contributed by atoms with E-state index in [2.05, 4.69) is 22.2 Å². The van der Waals surface area contributed by atoms with Gasteiger partial charge in [0.2, 0.25) is 11.6 Å². The van der Waals surface area contributed by atoms with Gasteiger partial charge in [0.05, 0.1) is 4.92 Å². The number of piperidine rings is 1. The van der Waals surface area contributed by atoms with Crippen molar-refractivity contribution in [2.24, 2.45) is 5.92 Å². The van der Waals surface area contributed by atoms with Gasteiger partial charge >= 0.3 is 5.69 Å². The third-order valence-electron chi connectivity index (χ3n) is 3.71. The zero-order valence-electron chi connectivity index (χ0n) is 11.3. The second-order valence-corrected chi connectivity index (χ2v) is 4.74. The maximum Gasteiger partial charge on any atom is 0.353 e. The first-order valence-electron chi connectivity index (χ1n) is 6.59. The molecule has 7 heteroatoms. The first-order chi connectivity index (χ1) is 9.17. The van der Waals surface area contributed by atoms with Gasteiger partial charge in [-0.2, -0.15) is 0 Å². The summed E-state index contributed by atoms with van der Waals surface area (Å²) in [5.41, 5.74) is -0.0278. The number of hydrogen-bond donors (Lipinski definition) is 1. The summed E-state index contributed by atoms with van der Waals surface area (Å²) in [5.74, 6) is 1.42. The molecular weight excluding hydrogens is 246 g/mol. The summed E-state index contributed by atoms with van der Waals surface area (Å²) in [6.07, 6.45) is 4.67. The zero-order valence-corrected chi connectivity index (χ0v) is 11.3. The van der Waals surface area contributed by atoms with Crippen LogP contribution in [0.2, 0.25) is 0 Å². The highest BCUT2D eigenvalue weighted by atomic mass is 16.6. The van der Waals surface area contributed by atoms with Gasteiger partial charge in [-0.15, -0.1) is 0 Å². The van der Waals surface area contributed by atoms with E-state index >= 15 is 0 Å². The molecule has 0 atom stereocenters. The molecule has 0 radical (unpaired) electrons. The molecule has 0 amide bonds. The summed E-state index contributed by atoms with van der Waals surface area (Å²) in [5, 5.41) is 14.0. The van der Waals surface area contributed by atoms with E-state index in [0.29, 0.717) is 5.82 Å². The van der Waals surface area contributed by atoms with E-state index in [9.17, 15) is 10.1 Å². The number of rotatable bonds is 4. The van der Waals surface area contributed by atoms with Crippen LogP contribution in [0.5, 0.6) is 0 Å². The van der Waals surface area contributed by atoms with Crippen LogP contribution in [-0.4, -0.2) is 35.0 Å². The average Bonchev–Trinajstić information content (AvgIpc) is 2.46. The van der Waals surface area contributed by atoms with E-state index in [1.165, 1.54) is 12.7 Å². The Kier molecular flexibility index (Phi) is 4.13. The fourth-order valence-corrected chi connectivity index (χ4v) is 2.50. The van der Waals surface area contributed by atoms with Crippen molar-refractivity contribution in [3.05, 3.63) is 16.4 Å². The van der Waals surface area contributed by atoms with Crippen molar-refractivity contribution in [2.75, 3.05) is 30.4 Å². The standard InChI is InChI=1S/C12H19N5O2/c1-3-9-4-6-16(7-5-9)12-10(17(18)19)11(13-2)14-8-15-12/h8-9H,3-7H2,1-2H3,(H,13,14,15). The summed E-state index contributed by atoms with van der Waals surface area (Å²) in [7, 11) is 1.63. The molecule has 0 aliphatic carbocycles. The van der Waals surface area contributed by atoms with Crippen molar-refractivity contribution in [2.45, 2.75) is 26.2 Å². The molecule has 1 aromatic heterocycles. The van der Waals surface area contributed by atoms with Gasteiger partial charge < -0.3 is 10.2 Å². The fourth-order valence-electron chi connectivity index (χ4n) is 2.50. The molecule has 0 bridgehead atoms. The van der Waals surface area contributed by atoms with Gasteiger partial charge in [0.15, 0.2) is 0 Å². The minimum atomic E-state index is -0.410. The first kappa shape index (κ1) is 13.5. The molecule has 1 aromatic rings. The normalized spacial score (nSPS) is 16.4. The summed E-state index contributed by atoms with van der Waals surface area (Å²) < 4.78 is 0. The summed E-state index contributed by atoms with van der Waals surface area (Å²) in [6.45, 7) is 3.83. The fraction of sp³-hybridized carbons (Fsp3) is 0.667. The molecule has 7 nitrogen and oxygen atoms in total. The highest BCUT2D eigenvalue weighted by Gasteiger charge is 2.28. The van der Waals surface area contributed by atoms with E-state index in [-0.39, 0.29) is 11.5 Å². The molecular formula is C12H19N5O2. The van der Waals surface area contributed by atoms with E-state index in [1.54, 1.807) is 7.05 Å². The van der Waals surface area contributed by atoms with Crippen LogP contribution in [0.25, 0.3) is 0 Å². The van der Waals surface area contributed by atoms with Crippen molar-refractivity contribution >= 4 is 17.3 Å². The SMILES string of the molecule is CCC1CCN(c2ncnc(NC)c2[N+](=O)[O-])CC1. The Hall–Kier alpha value is -1.92. The van der Waals surface area contributed by atoms with Gasteiger partial charge in [0, 0.05) is 20.1 Å². The number of aromatic nitrogens is 2. The highest BCUT2D eigenvalue weighted by Crippen LogP contribution is 2.33. The van der Waals surface area contributed by atoms with Crippen molar-refractivity contribution < 1.29 is 4.92 Å². The minimum absolute atomic E-state index is 0.0278. The molecule has 1 aliphatic heterocycles. The minimum Gasteiger partial charge on any atom is -0.367 e. The largest absolute Gasteiger partial charge is 0.367 e. The topological polar surface area (TPSA) is 84.2 Å². The monoisotopic (exact) mass is 265 g/mol. The lowest BCUT2D eigenvalue weighted by Crippen LogP contribution is -2.34. The molecule has 1 aliphatic rings. The molecule has 0 saturated carbocycles. The quantitative estimate of drug-likeness (QED) is 0.662. The summed E-state index contributed by atoms with van der Waals surface area (Å²) in [6, 6.07) is 0. The predicted molar refractivity (Wildman–Crippen MR) is 73.5 cm³/mol. The Labute approximate surface area is 112 Å². The Morgan fingerprint density at radius 2 is 2.16 bits per heavy atom. The van der Waals surface area contributed by atoms with Crippen molar-refractivity contribution in [1.82, 2.24) is 9.97 Å². The Balaban J connectivity index is 2.27. The number of hydrogen-bond acceptors (Lipinski definition) is 6. The van der Waals surface area contributed by atoms with Gasteiger partial charge in [0.25, 0.3) is 0 Å². The second kappa shape index (κ2) is 5.81. The molecule has 0 aromatic carbocycles. The summed E-state index contributed by atoms with van der Waals surface area (Å²) >= 11 is 0. The van der Waals surface area contributed by atoms with Gasteiger partial charge in [-0.1, -0.05) is 13.3 Å². The van der Waals surface area contributed by atoms with Crippen LogP contribution in [0.4, 0.5) is 17.3 Å². The summed E-state index contributed by atoms with van der Waals surface area (Å²) in [4.78, 5) is 20.8. The van der Waals surface area contributed by atoms with Crippen molar-refractivity contribution in [1.29, 1.82) is 0 Å². The third kappa shape index (κ3) is 2.74. The van der Waals surface area contributed by atoms with Crippen LogP contribution >= 0.6 is 0 Å². The number of nitrogens with zero attached hydrogens (tertiary/aromatic N) is 4. The average molecular weight is 265 g/mol. The van der Waals surface area contributed by atoms with Crippen LogP contribution in [0.1, 0.15) is 26.2 Å². The lowest BCUT2D eigenvalue weighted by atomic mass is 9.94. The molecule has 1 fully saturated rings. The molecule has 19 heavy (non-hydrogen) atoms. The van der Waals surface area contributed by atoms with Crippen LogP contribution < -0.4 is 10.2 Å². The molecule has 2 heterocycles. The number of nitrogens with one attached hydrogen (secondary N) is 1. The van der Waals surface area contributed by atoms with Crippen LogP contribution in [0.3, 0.4) is 0 Å². The Bertz CT molecular complexity index is 457. The molecule has 1 N–H and O–H groups in total. The third-order valence-corrected chi connectivity index (χ3v) is 3.71. The lowest BCUT2D eigenvalue weighted by Gasteiger charge is -2.31. The van der Waals surface area contributed by atoms with Crippen LogP contribution in [-0.2, 0) is 0 Å². The van der Waals surface area contributed by atoms with E-state index in [1.807, 2.05) is 4.90 Å². The Morgan fingerprint density at radius 1 is 1.47 bits per heavy atom. The van der Waals surface area contributed by atoms with Gasteiger partial charge in [-0.25, -0.2) is 9.97 Å². The predicted octanol–water partition coefficient (Wildman–Crippen LogP) is 2.05. The van der Waals surface area contributed by atoms with E-state index < -0.39 is 4.92 Å². The molecule has 104 valence electrons. The van der Waals surface area contributed by atoms with E-state index in [4.69, 9.17) is 0 Å². The lowest BCUT2D eigenvalue weighted by molar-refractivity contribution is -0.383. The van der Waals surface area contributed by atoms with Gasteiger partial charge in [-0.3, -0.25) is 10.1 Å². The van der Waals surface area contributed by atoms with Crippen LogP contribution in [0, 0.1) is 16.0 Å².